The van der Waals surface area contributed by atoms with Gasteiger partial charge in [0.05, 0.1) is 18.7 Å². The first-order valence-corrected chi connectivity index (χ1v) is 10.3. The molecule has 162 valence electrons. The number of benzene rings is 1. The second-order valence-electron chi connectivity index (χ2n) is 8.36. The summed E-state index contributed by atoms with van der Waals surface area (Å²) in [5, 5.41) is 13.2. The lowest BCUT2D eigenvalue weighted by Gasteiger charge is -2.44. The lowest BCUT2D eigenvalue weighted by molar-refractivity contribution is -0.132. The van der Waals surface area contributed by atoms with Crippen molar-refractivity contribution in [2.75, 3.05) is 0 Å². The molecule has 1 saturated carbocycles. The molecule has 5 rings (SSSR count). The van der Waals surface area contributed by atoms with Crippen LogP contribution in [0, 0.1) is 5.82 Å². The fourth-order valence-electron chi connectivity index (χ4n) is 4.82. The number of aromatic nitrogens is 1. The minimum atomic E-state index is -0.899. The Kier molecular flexibility index (Phi) is 4.58. The molecule has 2 aliphatic heterocycles. The van der Waals surface area contributed by atoms with Crippen LogP contribution < -0.4 is 10.7 Å². The van der Waals surface area contributed by atoms with Gasteiger partial charge in [-0.25, -0.2) is 4.39 Å². The van der Waals surface area contributed by atoms with E-state index in [1.807, 2.05) is 0 Å². The van der Waals surface area contributed by atoms with Gasteiger partial charge >= 0.3 is 0 Å². The van der Waals surface area contributed by atoms with E-state index in [1.165, 1.54) is 22.9 Å². The van der Waals surface area contributed by atoms with Gasteiger partial charge in [-0.15, -0.1) is 0 Å². The highest BCUT2D eigenvalue weighted by molar-refractivity contribution is 5.99. The van der Waals surface area contributed by atoms with Gasteiger partial charge in [0, 0.05) is 12.2 Å². The Morgan fingerprint density at radius 1 is 1.26 bits per heavy atom. The molecular weight excluding hydrogens is 405 g/mol. The number of hydrogen-bond acceptors (Lipinski definition) is 5. The second kappa shape index (κ2) is 7.19. The van der Waals surface area contributed by atoms with E-state index in [2.05, 4.69) is 5.32 Å². The topological polar surface area (TPSA) is 101 Å². The Morgan fingerprint density at radius 3 is 2.74 bits per heavy atom. The van der Waals surface area contributed by atoms with Gasteiger partial charge in [-0.05, 0) is 43.9 Å². The lowest BCUT2D eigenvalue weighted by Crippen LogP contribution is -2.57. The predicted octanol–water partition coefficient (Wildman–Crippen LogP) is 1.92. The third kappa shape index (κ3) is 3.20. The first kappa shape index (κ1) is 19.7. The van der Waals surface area contributed by atoms with Crippen molar-refractivity contribution >= 4 is 11.8 Å². The molecule has 3 aliphatic rings. The molecule has 9 heteroatoms. The molecule has 1 unspecified atom stereocenters. The lowest BCUT2D eigenvalue weighted by atomic mass is 10.1. The summed E-state index contributed by atoms with van der Waals surface area (Å²) in [4.78, 5) is 40.2. The first-order chi connectivity index (χ1) is 14.8. The van der Waals surface area contributed by atoms with Gasteiger partial charge in [0.15, 0.2) is 17.7 Å². The molecule has 2 bridgehead atoms. The smallest absolute Gasteiger partial charge is 0.276 e. The zero-order valence-electron chi connectivity index (χ0n) is 16.9. The van der Waals surface area contributed by atoms with Gasteiger partial charge in [-0.3, -0.25) is 14.4 Å². The van der Waals surface area contributed by atoms with E-state index in [9.17, 15) is 23.9 Å². The SMILES string of the molecule is C[C@@H](NC(=O)c1cn2c(c(O)c1=O)C(=O)N1C3CC[C@@H](C3)O[C@H]1C2)c1ccc(F)cc1. The van der Waals surface area contributed by atoms with Crippen LogP contribution in [0.1, 0.15) is 58.6 Å². The summed E-state index contributed by atoms with van der Waals surface area (Å²) in [5.41, 5.74) is -0.619. The first-order valence-electron chi connectivity index (χ1n) is 10.3. The Bertz CT molecular complexity index is 1130. The molecular formula is C22H22FN3O5. The molecule has 31 heavy (non-hydrogen) atoms. The van der Waals surface area contributed by atoms with Crippen LogP contribution in [0.4, 0.5) is 4.39 Å². The van der Waals surface area contributed by atoms with Gasteiger partial charge in [0.2, 0.25) is 5.43 Å². The summed E-state index contributed by atoms with van der Waals surface area (Å²) < 4.78 is 20.6. The molecule has 1 saturated heterocycles. The van der Waals surface area contributed by atoms with Crippen molar-refractivity contribution in [3.63, 3.8) is 0 Å². The highest BCUT2D eigenvalue weighted by atomic mass is 19.1. The number of fused-ring (bicyclic) bond motifs is 5. The Morgan fingerprint density at radius 2 is 2.00 bits per heavy atom. The maximum absolute atomic E-state index is 13.1. The normalized spacial score (nSPS) is 25.0. The number of pyridine rings is 1. The van der Waals surface area contributed by atoms with Crippen LogP contribution in [-0.4, -0.2) is 44.8 Å². The summed E-state index contributed by atoms with van der Waals surface area (Å²) in [6.07, 6.45) is 3.39. The average Bonchev–Trinajstić information content (AvgIpc) is 3.11. The molecule has 1 aliphatic carbocycles. The average molecular weight is 427 g/mol. The molecule has 2 fully saturated rings. The number of aromatic hydroxyl groups is 1. The van der Waals surface area contributed by atoms with Crippen molar-refractivity contribution in [2.24, 2.45) is 0 Å². The van der Waals surface area contributed by atoms with Crippen LogP contribution in [-0.2, 0) is 11.3 Å². The summed E-state index contributed by atoms with van der Waals surface area (Å²) in [5.74, 6) is -2.27. The molecule has 1 aromatic heterocycles. The van der Waals surface area contributed by atoms with Gasteiger partial charge in [-0.2, -0.15) is 0 Å². The third-order valence-corrected chi connectivity index (χ3v) is 6.42. The van der Waals surface area contributed by atoms with Crippen molar-refractivity contribution in [1.29, 1.82) is 0 Å². The summed E-state index contributed by atoms with van der Waals surface area (Å²) in [7, 11) is 0. The number of carbonyl (C=O) groups is 2. The number of nitrogens with zero attached hydrogens (tertiary/aromatic N) is 2. The number of halogens is 1. The van der Waals surface area contributed by atoms with Crippen LogP contribution >= 0.6 is 0 Å². The predicted molar refractivity (Wildman–Crippen MR) is 107 cm³/mol. The van der Waals surface area contributed by atoms with E-state index in [0.29, 0.717) is 5.56 Å². The molecule has 3 heterocycles. The highest BCUT2D eigenvalue weighted by Gasteiger charge is 2.47. The van der Waals surface area contributed by atoms with E-state index in [1.54, 1.807) is 24.0 Å². The minimum absolute atomic E-state index is 0.0408. The fourth-order valence-corrected chi connectivity index (χ4v) is 4.82. The summed E-state index contributed by atoms with van der Waals surface area (Å²) in [6.45, 7) is 1.93. The highest BCUT2D eigenvalue weighted by Crippen LogP contribution is 2.38. The zero-order valence-corrected chi connectivity index (χ0v) is 16.9. The quantitative estimate of drug-likeness (QED) is 0.780. The van der Waals surface area contributed by atoms with E-state index in [4.69, 9.17) is 4.74 Å². The maximum atomic E-state index is 13.1. The molecule has 4 atom stereocenters. The number of hydrogen-bond donors (Lipinski definition) is 2. The Balaban J connectivity index is 1.45. The van der Waals surface area contributed by atoms with E-state index < -0.39 is 41.1 Å². The number of rotatable bonds is 3. The number of ether oxygens (including phenoxy) is 1. The zero-order chi connectivity index (χ0) is 21.9. The Hall–Kier alpha value is -3.20. The molecule has 2 amide bonds. The number of amides is 2. The van der Waals surface area contributed by atoms with Crippen LogP contribution in [0.5, 0.6) is 5.75 Å². The van der Waals surface area contributed by atoms with Crippen molar-refractivity contribution in [1.82, 2.24) is 14.8 Å². The largest absolute Gasteiger partial charge is 0.503 e. The Labute approximate surface area is 177 Å². The molecule has 1 aromatic carbocycles. The molecule has 2 N–H and O–H groups in total. The van der Waals surface area contributed by atoms with Crippen LogP contribution in [0.25, 0.3) is 0 Å². The number of carbonyl (C=O) groups excluding carboxylic acids is 2. The molecule has 0 radical (unpaired) electrons. The molecule has 8 nitrogen and oxygen atoms in total. The van der Waals surface area contributed by atoms with E-state index in [-0.39, 0.29) is 29.9 Å². The van der Waals surface area contributed by atoms with Crippen molar-refractivity contribution in [2.45, 2.75) is 57.1 Å². The van der Waals surface area contributed by atoms with Crippen molar-refractivity contribution in [3.8, 4) is 5.75 Å². The summed E-state index contributed by atoms with van der Waals surface area (Å²) in [6, 6.07) is 5.20. The maximum Gasteiger partial charge on any atom is 0.276 e. The van der Waals surface area contributed by atoms with E-state index in [0.717, 1.165) is 19.3 Å². The molecule has 0 spiro atoms. The van der Waals surface area contributed by atoms with Crippen LogP contribution in [0.2, 0.25) is 0 Å². The standard InChI is InChI=1S/C22H22FN3O5/c1-11(12-2-4-13(23)5-3-12)24-21(29)16-9-25-10-17-26(14-6-7-15(8-14)31-17)22(30)18(25)20(28)19(16)27/h2-5,9,11,14-15,17,28H,6-8,10H2,1H3,(H,24,29)/t11-,14?,15+,17+/m1/s1. The summed E-state index contributed by atoms with van der Waals surface area (Å²) >= 11 is 0. The fraction of sp³-hybridized carbons (Fsp3) is 0.409. The van der Waals surface area contributed by atoms with Crippen LogP contribution in [0.15, 0.2) is 35.3 Å². The number of nitrogens with one attached hydrogen (secondary N) is 1. The van der Waals surface area contributed by atoms with Crippen molar-refractivity contribution < 1.29 is 23.8 Å². The van der Waals surface area contributed by atoms with Crippen LogP contribution in [0.3, 0.4) is 0 Å². The monoisotopic (exact) mass is 427 g/mol. The van der Waals surface area contributed by atoms with Crippen molar-refractivity contribution in [3.05, 3.63) is 63.3 Å². The second-order valence-corrected chi connectivity index (χ2v) is 8.36. The van der Waals surface area contributed by atoms with Gasteiger partial charge < -0.3 is 24.6 Å². The van der Waals surface area contributed by atoms with E-state index >= 15 is 0 Å². The third-order valence-electron chi connectivity index (χ3n) is 6.42. The van der Waals surface area contributed by atoms with Gasteiger partial charge in [0.1, 0.15) is 11.4 Å². The minimum Gasteiger partial charge on any atom is -0.503 e. The van der Waals surface area contributed by atoms with Gasteiger partial charge in [0.25, 0.3) is 11.8 Å². The molecule has 2 aromatic rings. The van der Waals surface area contributed by atoms with Gasteiger partial charge in [-0.1, -0.05) is 12.1 Å².